The predicted octanol–water partition coefficient (Wildman–Crippen LogP) is 3.28. The van der Waals surface area contributed by atoms with Crippen LogP contribution in [0.1, 0.15) is 20.8 Å². The number of phenols is 1. The van der Waals surface area contributed by atoms with Gasteiger partial charge in [0.25, 0.3) is 0 Å². The van der Waals surface area contributed by atoms with Gasteiger partial charge in [-0.05, 0) is 24.3 Å². The van der Waals surface area contributed by atoms with Crippen LogP contribution in [-0.2, 0) is 19.5 Å². The molecule has 1 aromatic rings. The van der Waals surface area contributed by atoms with Crippen LogP contribution in [0.4, 0.5) is 0 Å². The minimum absolute atomic E-state index is 0. The minimum Gasteiger partial charge on any atom is -0.508 e. The number of hydrogen-bond donors (Lipinski definition) is 1. The molecule has 0 aliphatic rings. The van der Waals surface area contributed by atoms with E-state index in [1.165, 1.54) is 4.90 Å². The zero-order chi connectivity index (χ0) is 9.19. The summed E-state index contributed by atoms with van der Waals surface area (Å²) in [5.41, 5.74) is 0. The molecule has 0 aliphatic carbocycles. The molecule has 0 unspecified atom stereocenters. The summed E-state index contributed by atoms with van der Waals surface area (Å²) >= 11 is 1.80. The Hall–Kier alpha value is -0.00662. The van der Waals surface area contributed by atoms with Crippen LogP contribution < -0.4 is 0 Å². The van der Waals surface area contributed by atoms with E-state index in [9.17, 15) is 0 Å². The number of benzene rings is 1. The van der Waals surface area contributed by atoms with Gasteiger partial charge in [0.15, 0.2) is 0 Å². The molecule has 13 heavy (non-hydrogen) atoms. The second-order valence-corrected chi connectivity index (χ2v) is 5.61. The van der Waals surface area contributed by atoms with Crippen LogP contribution in [0.15, 0.2) is 29.2 Å². The van der Waals surface area contributed by atoms with E-state index in [2.05, 4.69) is 20.8 Å². The van der Waals surface area contributed by atoms with Crippen LogP contribution in [0, 0.1) is 0 Å². The van der Waals surface area contributed by atoms with E-state index >= 15 is 0 Å². The van der Waals surface area contributed by atoms with Crippen molar-refractivity contribution in [3.8, 4) is 5.75 Å². The van der Waals surface area contributed by atoms with Crippen LogP contribution in [0.3, 0.4) is 0 Å². The first-order chi connectivity index (χ1) is 5.47. The Kier molecular flexibility index (Phi) is 5.02. The number of aromatic hydroxyl groups is 1. The number of phenolic OH excluding ortho intramolecular Hbond substituents is 1. The SMILES string of the molecule is CC(C)(C)Sc1ccc(O)cc1.[Zn]. The molecular weight excluding hydrogens is 234 g/mol. The average Bonchev–Trinajstić information content (AvgIpc) is 1.91. The molecule has 0 saturated carbocycles. The van der Waals surface area contributed by atoms with Crippen molar-refractivity contribution in [1.82, 2.24) is 0 Å². The Morgan fingerprint density at radius 1 is 1.08 bits per heavy atom. The molecule has 1 N–H and O–H groups in total. The summed E-state index contributed by atoms with van der Waals surface area (Å²) in [6.45, 7) is 6.51. The van der Waals surface area contributed by atoms with Crippen molar-refractivity contribution in [1.29, 1.82) is 0 Å². The quantitative estimate of drug-likeness (QED) is 0.607. The van der Waals surface area contributed by atoms with Crippen LogP contribution in [0.2, 0.25) is 0 Å². The van der Waals surface area contributed by atoms with Gasteiger partial charge < -0.3 is 5.11 Å². The Morgan fingerprint density at radius 3 is 1.92 bits per heavy atom. The Labute approximate surface area is 96.7 Å². The predicted molar refractivity (Wildman–Crippen MR) is 53.7 cm³/mol. The maximum atomic E-state index is 9.05. The van der Waals surface area contributed by atoms with E-state index in [-0.39, 0.29) is 24.2 Å². The molecule has 1 rings (SSSR count). The fraction of sp³-hybridized carbons (Fsp3) is 0.400. The molecule has 1 aromatic carbocycles. The van der Waals surface area contributed by atoms with Crippen molar-refractivity contribution in [3.05, 3.63) is 24.3 Å². The van der Waals surface area contributed by atoms with E-state index in [1.54, 1.807) is 23.9 Å². The van der Waals surface area contributed by atoms with Gasteiger partial charge >= 0.3 is 0 Å². The van der Waals surface area contributed by atoms with E-state index in [0.29, 0.717) is 5.75 Å². The van der Waals surface area contributed by atoms with Crippen molar-refractivity contribution in [2.45, 2.75) is 30.4 Å². The van der Waals surface area contributed by atoms with Crippen molar-refractivity contribution in [2.24, 2.45) is 0 Å². The van der Waals surface area contributed by atoms with Crippen molar-refractivity contribution in [3.63, 3.8) is 0 Å². The second-order valence-electron chi connectivity index (χ2n) is 3.71. The summed E-state index contributed by atoms with van der Waals surface area (Å²) in [5.74, 6) is 0.327. The standard InChI is InChI=1S/C10H14OS.Zn/c1-10(2,3)12-9-6-4-8(11)5-7-9;/h4-7,11H,1-3H3;. The molecule has 68 valence electrons. The summed E-state index contributed by atoms with van der Waals surface area (Å²) in [6.07, 6.45) is 0. The Morgan fingerprint density at radius 2 is 1.54 bits per heavy atom. The van der Waals surface area contributed by atoms with E-state index in [0.717, 1.165) is 0 Å². The summed E-state index contributed by atoms with van der Waals surface area (Å²) in [4.78, 5) is 1.19. The molecule has 0 fully saturated rings. The smallest absolute Gasteiger partial charge is 0.115 e. The minimum atomic E-state index is 0. The van der Waals surface area contributed by atoms with Crippen molar-refractivity contribution < 1.29 is 24.6 Å². The topological polar surface area (TPSA) is 20.2 Å². The van der Waals surface area contributed by atoms with Crippen LogP contribution in [-0.4, -0.2) is 9.85 Å². The zero-order valence-electron chi connectivity index (χ0n) is 8.37. The van der Waals surface area contributed by atoms with E-state index in [4.69, 9.17) is 5.11 Å². The summed E-state index contributed by atoms with van der Waals surface area (Å²) < 4.78 is 0.233. The van der Waals surface area contributed by atoms with Crippen molar-refractivity contribution in [2.75, 3.05) is 0 Å². The molecule has 0 amide bonds. The van der Waals surface area contributed by atoms with Gasteiger partial charge in [0.2, 0.25) is 0 Å². The summed E-state index contributed by atoms with van der Waals surface area (Å²) in [5, 5.41) is 9.05. The van der Waals surface area contributed by atoms with Gasteiger partial charge in [-0.3, -0.25) is 0 Å². The fourth-order valence-corrected chi connectivity index (χ4v) is 1.85. The first-order valence-electron chi connectivity index (χ1n) is 3.95. The molecule has 3 heteroatoms. The molecule has 0 saturated heterocycles. The second kappa shape index (κ2) is 5.02. The third-order valence-corrected chi connectivity index (χ3v) is 2.38. The monoisotopic (exact) mass is 246 g/mol. The van der Waals surface area contributed by atoms with Crippen LogP contribution in [0.5, 0.6) is 5.75 Å². The van der Waals surface area contributed by atoms with Crippen LogP contribution >= 0.6 is 11.8 Å². The maximum absolute atomic E-state index is 9.05. The molecule has 0 aromatic heterocycles. The summed E-state index contributed by atoms with van der Waals surface area (Å²) in [7, 11) is 0. The normalized spacial score (nSPS) is 10.7. The molecule has 0 bridgehead atoms. The number of thioether (sulfide) groups is 1. The molecular formula is C10H14OSZn. The Bertz CT molecular complexity index is 251. The van der Waals surface area contributed by atoms with E-state index < -0.39 is 0 Å². The first-order valence-corrected chi connectivity index (χ1v) is 4.77. The van der Waals surface area contributed by atoms with Gasteiger partial charge in [-0.25, -0.2) is 0 Å². The van der Waals surface area contributed by atoms with Crippen LogP contribution in [0.25, 0.3) is 0 Å². The van der Waals surface area contributed by atoms with Gasteiger partial charge in [-0.1, -0.05) is 20.8 Å². The first kappa shape index (κ1) is 13.0. The van der Waals surface area contributed by atoms with Gasteiger partial charge in [0.05, 0.1) is 0 Å². The number of rotatable bonds is 1. The molecule has 1 nitrogen and oxygen atoms in total. The van der Waals surface area contributed by atoms with Gasteiger partial charge in [0.1, 0.15) is 5.75 Å². The molecule has 0 aliphatic heterocycles. The third kappa shape index (κ3) is 5.33. The van der Waals surface area contributed by atoms with Gasteiger partial charge in [-0.2, -0.15) is 0 Å². The van der Waals surface area contributed by atoms with Gasteiger partial charge in [0, 0.05) is 29.1 Å². The Balaban J connectivity index is 0.00000144. The summed E-state index contributed by atoms with van der Waals surface area (Å²) in [6, 6.07) is 7.30. The largest absolute Gasteiger partial charge is 0.508 e. The van der Waals surface area contributed by atoms with Gasteiger partial charge in [-0.15, -0.1) is 11.8 Å². The third-order valence-electron chi connectivity index (χ3n) is 1.26. The molecule has 0 radical (unpaired) electrons. The molecule has 0 heterocycles. The zero-order valence-corrected chi connectivity index (χ0v) is 12.2. The molecule has 0 atom stereocenters. The van der Waals surface area contributed by atoms with E-state index in [1.807, 2.05) is 12.1 Å². The fourth-order valence-electron chi connectivity index (χ4n) is 0.868. The number of hydrogen-bond acceptors (Lipinski definition) is 2. The average molecular weight is 248 g/mol. The molecule has 0 spiro atoms. The maximum Gasteiger partial charge on any atom is 0.115 e. The van der Waals surface area contributed by atoms with Crippen molar-refractivity contribution >= 4 is 11.8 Å².